The third kappa shape index (κ3) is 8.17. The van der Waals surface area contributed by atoms with Crippen LogP contribution in [0.25, 0.3) is 0 Å². The number of aliphatic imine (C=N–C) groups is 1. The van der Waals surface area contributed by atoms with E-state index in [1.807, 2.05) is 7.05 Å². The van der Waals surface area contributed by atoms with Gasteiger partial charge in [0, 0.05) is 33.9 Å². The molecule has 0 bridgehead atoms. The smallest absolute Gasteiger partial charge is 0.191 e. The van der Waals surface area contributed by atoms with E-state index in [0.29, 0.717) is 19.3 Å². The monoisotopic (exact) mass is 390 g/mol. The minimum absolute atomic E-state index is 0.365. The standard InChI is InChI=1S/C22H38N4O2/c1-19-10-13-26(14-11-19)21(20-8-5-4-6-9-20)18-25-22(23-2)24-12-7-15-28-17-16-27-3/h4-6,8-9,19,21H,7,10-18H2,1-3H3,(H2,23,24,25). The molecule has 158 valence electrons. The fourth-order valence-electron chi connectivity index (χ4n) is 3.51. The molecule has 1 aliphatic rings. The van der Waals surface area contributed by atoms with Crippen molar-refractivity contribution in [2.24, 2.45) is 10.9 Å². The zero-order valence-corrected chi connectivity index (χ0v) is 17.8. The lowest BCUT2D eigenvalue weighted by atomic mass is 9.95. The average Bonchev–Trinajstić information content (AvgIpc) is 2.73. The predicted molar refractivity (Wildman–Crippen MR) is 116 cm³/mol. The van der Waals surface area contributed by atoms with Crippen LogP contribution < -0.4 is 10.6 Å². The maximum absolute atomic E-state index is 5.50. The second kappa shape index (κ2) is 13.5. The molecule has 6 heteroatoms. The predicted octanol–water partition coefficient (Wildman–Crippen LogP) is 2.68. The van der Waals surface area contributed by atoms with Crippen LogP contribution in [0.2, 0.25) is 0 Å². The van der Waals surface area contributed by atoms with Gasteiger partial charge in [0.25, 0.3) is 0 Å². The van der Waals surface area contributed by atoms with E-state index in [-0.39, 0.29) is 0 Å². The number of piperidine rings is 1. The van der Waals surface area contributed by atoms with Gasteiger partial charge in [-0.2, -0.15) is 0 Å². The lowest BCUT2D eigenvalue weighted by molar-refractivity contribution is 0.0698. The molecule has 1 saturated heterocycles. The normalized spacial score (nSPS) is 17.5. The number of hydrogen-bond donors (Lipinski definition) is 2. The molecule has 2 N–H and O–H groups in total. The summed E-state index contributed by atoms with van der Waals surface area (Å²) in [6.07, 6.45) is 3.50. The lowest BCUT2D eigenvalue weighted by Crippen LogP contribution is -2.45. The van der Waals surface area contributed by atoms with Crippen molar-refractivity contribution in [3.05, 3.63) is 35.9 Å². The van der Waals surface area contributed by atoms with Crippen molar-refractivity contribution in [1.82, 2.24) is 15.5 Å². The van der Waals surface area contributed by atoms with Crippen molar-refractivity contribution >= 4 is 5.96 Å². The summed E-state index contributed by atoms with van der Waals surface area (Å²) < 4.78 is 10.5. The van der Waals surface area contributed by atoms with Crippen LogP contribution in [0.5, 0.6) is 0 Å². The van der Waals surface area contributed by atoms with Crippen molar-refractivity contribution in [1.29, 1.82) is 0 Å². The van der Waals surface area contributed by atoms with Crippen molar-refractivity contribution in [3.63, 3.8) is 0 Å². The van der Waals surface area contributed by atoms with E-state index < -0.39 is 0 Å². The largest absolute Gasteiger partial charge is 0.382 e. The number of benzene rings is 1. The van der Waals surface area contributed by atoms with E-state index in [4.69, 9.17) is 9.47 Å². The van der Waals surface area contributed by atoms with Gasteiger partial charge in [-0.05, 0) is 43.8 Å². The van der Waals surface area contributed by atoms with E-state index in [9.17, 15) is 0 Å². The molecule has 1 aromatic rings. The van der Waals surface area contributed by atoms with E-state index in [1.165, 1.54) is 18.4 Å². The summed E-state index contributed by atoms with van der Waals surface area (Å²) >= 11 is 0. The highest BCUT2D eigenvalue weighted by Gasteiger charge is 2.24. The maximum Gasteiger partial charge on any atom is 0.191 e. The maximum atomic E-state index is 5.50. The van der Waals surface area contributed by atoms with Crippen LogP contribution in [-0.4, -0.2) is 71.0 Å². The minimum atomic E-state index is 0.365. The lowest BCUT2D eigenvalue weighted by Gasteiger charge is -2.37. The summed E-state index contributed by atoms with van der Waals surface area (Å²) in [5.41, 5.74) is 1.37. The van der Waals surface area contributed by atoms with Gasteiger partial charge in [-0.1, -0.05) is 37.3 Å². The highest BCUT2D eigenvalue weighted by molar-refractivity contribution is 5.79. The van der Waals surface area contributed by atoms with Gasteiger partial charge in [0.15, 0.2) is 5.96 Å². The Kier molecular flexibility index (Phi) is 10.9. The molecule has 0 saturated carbocycles. The van der Waals surface area contributed by atoms with E-state index in [1.54, 1.807) is 7.11 Å². The van der Waals surface area contributed by atoms with Gasteiger partial charge >= 0.3 is 0 Å². The molecule has 1 aromatic carbocycles. The number of hydrogen-bond acceptors (Lipinski definition) is 4. The van der Waals surface area contributed by atoms with Gasteiger partial charge in [0.2, 0.25) is 0 Å². The molecule has 2 rings (SSSR count). The zero-order valence-electron chi connectivity index (χ0n) is 17.8. The summed E-state index contributed by atoms with van der Waals surface area (Å²) in [7, 11) is 3.51. The van der Waals surface area contributed by atoms with Crippen LogP contribution in [0.15, 0.2) is 35.3 Å². The Morgan fingerprint density at radius 1 is 1.14 bits per heavy atom. The molecule has 1 fully saturated rings. The Labute approximate surface area is 170 Å². The third-order valence-corrected chi connectivity index (χ3v) is 5.32. The summed E-state index contributed by atoms with van der Waals surface area (Å²) in [6.45, 7) is 8.39. The Balaban J connectivity index is 1.80. The number of nitrogens with one attached hydrogen (secondary N) is 2. The number of methoxy groups -OCH3 is 1. The molecule has 1 atom stereocenters. The zero-order chi connectivity index (χ0) is 20.0. The third-order valence-electron chi connectivity index (χ3n) is 5.32. The van der Waals surface area contributed by atoms with Crippen molar-refractivity contribution in [2.75, 3.05) is 60.2 Å². The molecule has 0 aliphatic carbocycles. The van der Waals surface area contributed by atoms with Crippen LogP contribution in [-0.2, 0) is 9.47 Å². The van der Waals surface area contributed by atoms with E-state index in [2.05, 4.69) is 57.8 Å². The van der Waals surface area contributed by atoms with Gasteiger partial charge < -0.3 is 20.1 Å². The Morgan fingerprint density at radius 2 is 1.89 bits per heavy atom. The molecule has 1 unspecified atom stereocenters. The fraction of sp³-hybridized carbons (Fsp3) is 0.682. The minimum Gasteiger partial charge on any atom is -0.382 e. The second-order valence-electron chi connectivity index (χ2n) is 7.48. The molecule has 1 heterocycles. The first-order valence-corrected chi connectivity index (χ1v) is 10.5. The molecule has 1 aliphatic heterocycles. The highest BCUT2D eigenvalue weighted by atomic mass is 16.5. The number of ether oxygens (including phenoxy) is 2. The molecule has 0 amide bonds. The summed E-state index contributed by atoms with van der Waals surface area (Å²) in [5, 5.41) is 6.91. The molecule has 0 aromatic heterocycles. The number of guanidine groups is 1. The number of rotatable bonds is 11. The van der Waals surface area contributed by atoms with Crippen LogP contribution in [0.1, 0.15) is 37.8 Å². The molecular weight excluding hydrogens is 352 g/mol. The number of nitrogens with zero attached hydrogens (tertiary/aromatic N) is 2. The fourth-order valence-corrected chi connectivity index (χ4v) is 3.51. The average molecular weight is 391 g/mol. The molecule has 6 nitrogen and oxygen atoms in total. The van der Waals surface area contributed by atoms with E-state index >= 15 is 0 Å². The first kappa shape index (κ1) is 22.7. The molecule has 0 spiro atoms. The van der Waals surface area contributed by atoms with Gasteiger partial charge in [-0.15, -0.1) is 0 Å². The summed E-state index contributed by atoms with van der Waals surface area (Å²) in [5.74, 6) is 1.68. The topological polar surface area (TPSA) is 58.1 Å². The second-order valence-corrected chi connectivity index (χ2v) is 7.48. The summed E-state index contributed by atoms with van der Waals surface area (Å²) in [6, 6.07) is 11.2. The van der Waals surface area contributed by atoms with Crippen LogP contribution in [0.4, 0.5) is 0 Å². The quantitative estimate of drug-likeness (QED) is 0.346. The van der Waals surface area contributed by atoms with Gasteiger partial charge in [-0.25, -0.2) is 0 Å². The summed E-state index contributed by atoms with van der Waals surface area (Å²) in [4.78, 5) is 6.98. The van der Waals surface area contributed by atoms with Gasteiger partial charge in [-0.3, -0.25) is 9.89 Å². The van der Waals surface area contributed by atoms with Gasteiger partial charge in [0.1, 0.15) is 0 Å². The molecule has 0 radical (unpaired) electrons. The molecule has 28 heavy (non-hydrogen) atoms. The van der Waals surface area contributed by atoms with Crippen molar-refractivity contribution in [2.45, 2.75) is 32.2 Å². The van der Waals surface area contributed by atoms with Crippen molar-refractivity contribution < 1.29 is 9.47 Å². The van der Waals surface area contributed by atoms with Crippen LogP contribution in [0, 0.1) is 5.92 Å². The van der Waals surface area contributed by atoms with Crippen LogP contribution in [0.3, 0.4) is 0 Å². The first-order valence-electron chi connectivity index (χ1n) is 10.5. The van der Waals surface area contributed by atoms with E-state index in [0.717, 1.165) is 51.1 Å². The Morgan fingerprint density at radius 3 is 2.57 bits per heavy atom. The highest BCUT2D eigenvalue weighted by Crippen LogP contribution is 2.26. The van der Waals surface area contributed by atoms with Crippen LogP contribution >= 0.6 is 0 Å². The first-order chi connectivity index (χ1) is 13.7. The Bertz CT molecular complexity index is 545. The van der Waals surface area contributed by atoms with Gasteiger partial charge in [0.05, 0.1) is 19.3 Å². The SMILES string of the molecule is CN=C(NCCCOCCOC)NCC(c1ccccc1)N1CCC(C)CC1. The molecular formula is C22H38N4O2. The number of likely N-dealkylation sites (tertiary alicyclic amines) is 1. The Hall–Kier alpha value is -1.63. The van der Waals surface area contributed by atoms with Crippen molar-refractivity contribution in [3.8, 4) is 0 Å².